The van der Waals surface area contributed by atoms with Gasteiger partial charge >= 0.3 is 0 Å². The maximum atomic E-state index is 12.4. The number of rotatable bonds is 7. The van der Waals surface area contributed by atoms with Gasteiger partial charge in [-0.15, -0.1) is 0 Å². The number of benzene rings is 3. The third kappa shape index (κ3) is 4.77. The summed E-state index contributed by atoms with van der Waals surface area (Å²) in [6.07, 6.45) is 0.714. The van der Waals surface area contributed by atoms with Gasteiger partial charge in [0.25, 0.3) is 0 Å². The normalized spacial score (nSPS) is 11.9. The van der Waals surface area contributed by atoms with E-state index in [2.05, 4.69) is 29.6 Å². The van der Waals surface area contributed by atoms with Crippen molar-refractivity contribution in [2.45, 2.75) is 13.3 Å². The molecule has 3 aromatic carbocycles. The Morgan fingerprint density at radius 2 is 1.77 bits per heavy atom. The summed E-state index contributed by atoms with van der Waals surface area (Å²) >= 11 is 5.84. The monoisotopic (exact) mass is 367 g/mol. The number of carbonyl (C=O) groups is 1. The first-order valence-corrected chi connectivity index (χ1v) is 9.14. The Hall–Kier alpha value is -2.52. The molecule has 0 heterocycles. The molecular formula is C22H22ClNO2. The minimum Gasteiger partial charge on any atom is -0.492 e. The number of carbonyl (C=O) groups excluding carboxylic acids is 1. The third-order valence-electron chi connectivity index (χ3n) is 4.34. The van der Waals surface area contributed by atoms with E-state index < -0.39 is 0 Å². The van der Waals surface area contributed by atoms with Crippen LogP contribution in [0.4, 0.5) is 0 Å². The topological polar surface area (TPSA) is 38.3 Å². The fourth-order valence-corrected chi connectivity index (χ4v) is 3.07. The highest BCUT2D eigenvalue weighted by atomic mass is 35.5. The number of amides is 1. The maximum absolute atomic E-state index is 12.4. The van der Waals surface area contributed by atoms with Crippen molar-refractivity contribution in [3.63, 3.8) is 0 Å². The number of hydrogen-bond acceptors (Lipinski definition) is 2. The molecule has 0 aliphatic rings. The van der Waals surface area contributed by atoms with Crippen LogP contribution in [0.5, 0.6) is 5.75 Å². The summed E-state index contributed by atoms with van der Waals surface area (Å²) in [5.74, 6) is 0.682. The van der Waals surface area contributed by atoms with Crippen LogP contribution in [0.25, 0.3) is 10.8 Å². The van der Waals surface area contributed by atoms with Crippen molar-refractivity contribution < 1.29 is 9.53 Å². The molecule has 0 aromatic heterocycles. The SMILES string of the molecule is CC(Cc1cccc2ccccc12)C(=O)NCCOc1ccc(Cl)cc1. The van der Waals surface area contributed by atoms with E-state index in [4.69, 9.17) is 16.3 Å². The molecule has 1 atom stereocenters. The lowest BCUT2D eigenvalue weighted by atomic mass is 9.95. The zero-order valence-electron chi connectivity index (χ0n) is 14.7. The molecule has 0 saturated heterocycles. The Kier molecular flexibility index (Phi) is 6.13. The molecule has 0 aliphatic heterocycles. The van der Waals surface area contributed by atoms with Crippen molar-refractivity contribution in [1.29, 1.82) is 0 Å². The first-order chi connectivity index (χ1) is 12.6. The largest absolute Gasteiger partial charge is 0.492 e. The molecule has 1 unspecified atom stereocenters. The number of nitrogens with one attached hydrogen (secondary N) is 1. The van der Waals surface area contributed by atoms with Crippen LogP contribution >= 0.6 is 11.6 Å². The van der Waals surface area contributed by atoms with Gasteiger partial charge in [0.05, 0.1) is 6.54 Å². The highest BCUT2D eigenvalue weighted by molar-refractivity contribution is 6.30. The molecule has 26 heavy (non-hydrogen) atoms. The fourth-order valence-electron chi connectivity index (χ4n) is 2.94. The van der Waals surface area contributed by atoms with E-state index in [1.54, 1.807) is 12.1 Å². The lowest BCUT2D eigenvalue weighted by molar-refractivity contribution is -0.124. The summed E-state index contributed by atoms with van der Waals surface area (Å²) in [6, 6.07) is 21.7. The summed E-state index contributed by atoms with van der Waals surface area (Å²) in [7, 11) is 0. The molecule has 3 nitrogen and oxygen atoms in total. The van der Waals surface area contributed by atoms with Gasteiger partial charge in [0.2, 0.25) is 5.91 Å². The minimum atomic E-state index is -0.101. The van der Waals surface area contributed by atoms with Crippen LogP contribution in [0.2, 0.25) is 5.02 Å². The summed E-state index contributed by atoms with van der Waals surface area (Å²) in [5.41, 5.74) is 1.20. The van der Waals surface area contributed by atoms with Gasteiger partial charge in [0.1, 0.15) is 12.4 Å². The number of fused-ring (bicyclic) bond motifs is 1. The van der Waals surface area contributed by atoms with Crippen molar-refractivity contribution in [3.05, 3.63) is 77.3 Å². The molecule has 1 amide bonds. The Morgan fingerprint density at radius 1 is 1.04 bits per heavy atom. The Morgan fingerprint density at radius 3 is 2.58 bits per heavy atom. The number of hydrogen-bond donors (Lipinski definition) is 1. The third-order valence-corrected chi connectivity index (χ3v) is 4.59. The smallest absolute Gasteiger partial charge is 0.223 e. The zero-order valence-corrected chi connectivity index (χ0v) is 15.5. The second-order valence-corrected chi connectivity index (χ2v) is 6.77. The van der Waals surface area contributed by atoms with Gasteiger partial charge in [-0.05, 0) is 47.0 Å². The second kappa shape index (κ2) is 8.72. The number of halogens is 1. The molecule has 0 aliphatic carbocycles. The van der Waals surface area contributed by atoms with Crippen LogP contribution in [0.1, 0.15) is 12.5 Å². The highest BCUT2D eigenvalue weighted by Gasteiger charge is 2.14. The van der Waals surface area contributed by atoms with Crippen LogP contribution in [0.3, 0.4) is 0 Å². The van der Waals surface area contributed by atoms with Crippen molar-refractivity contribution in [2.24, 2.45) is 5.92 Å². The molecular weight excluding hydrogens is 346 g/mol. The van der Waals surface area contributed by atoms with Gasteiger partial charge in [-0.25, -0.2) is 0 Å². The molecule has 134 valence electrons. The van der Waals surface area contributed by atoms with Gasteiger partial charge in [-0.3, -0.25) is 4.79 Å². The Labute approximate surface area is 158 Å². The molecule has 3 aromatic rings. The molecule has 0 spiro atoms. The van der Waals surface area contributed by atoms with Crippen LogP contribution in [0, 0.1) is 5.92 Å². The van der Waals surface area contributed by atoms with Gasteiger partial charge in [0, 0.05) is 10.9 Å². The molecule has 0 saturated carbocycles. The highest BCUT2D eigenvalue weighted by Crippen LogP contribution is 2.21. The van der Waals surface area contributed by atoms with Gasteiger partial charge < -0.3 is 10.1 Å². The molecule has 1 N–H and O–H groups in total. The first-order valence-electron chi connectivity index (χ1n) is 8.76. The summed E-state index contributed by atoms with van der Waals surface area (Å²) in [6.45, 7) is 2.85. The van der Waals surface area contributed by atoms with E-state index in [0.717, 1.165) is 5.75 Å². The maximum Gasteiger partial charge on any atom is 0.223 e. The van der Waals surface area contributed by atoms with E-state index in [9.17, 15) is 4.79 Å². The fraction of sp³-hybridized carbons (Fsp3) is 0.227. The quantitative estimate of drug-likeness (QED) is 0.605. The van der Waals surface area contributed by atoms with Crippen LogP contribution < -0.4 is 10.1 Å². The molecule has 0 radical (unpaired) electrons. The number of ether oxygens (including phenoxy) is 1. The predicted molar refractivity (Wildman–Crippen MR) is 107 cm³/mol. The van der Waals surface area contributed by atoms with E-state index in [1.807, 2.05) is 37.3 Å². The zero-order chi connectivity index (χ0) is 18.4. The van der Waals surface area contributed by atoms with Crippen molar-refractivity contribution >= 4 is 28.3 Å². The van der Waals surface area contributed by atoms with Crippen molar-refractivity contribution in [1.82, 2.24) is 5.32 Å². The van der Waals surface area contributed by atoms with Gasteiger partial charge in [0.15, 0.2) is 0 Å². The van der Waals surface area contributed by atoms with Gasteiger partial charge in [-0.2, -0.15) is 0 Å². The van der Waals surface area contributed by atoms with E-state index in [0.29, 0.717) is 24.6 Å². The van der Waals surface area contributed by atoms with E-state index >= 15 is 0 Å². The summed E-state index contributed by atoms with van der Waals surface area (Å²) in [5, 5.41) is 6.03. The average molecular weight is 368 g/mol. The minimum absolute atomic E-state index is 0.0395. The van der Waals surface area contributed by atoms with E-state index in [1.165, 1.54) is 16.3 Å². The standard InChI is InChI=1S/C22H22ClNO2/c1-16(15-18-7-4-6-17-5-2-3-8-21(17)18)22(25)24-13-14-26-20-11-9-19(23)10-12-20/h2-12,16H,13-15H2,1H3,(H,24,25). The predicted octanol–water partition coefficient (Wildman–Crippen LogP) is 4.87. The Bertz CT molecular complexity index is 871. The van der Waals surface area contributed by atoms with Crippen LogP contribution in [-0.4, -0.2) is 19.1 Å². The van der Waals surface area contributed by atoms with Crippen molar-refractivity contribution in [2.75, 3.05) is 13.2 Å². The second-order valence-electron chi connectivity index (χ2n) is 6.34. The van der Waals surface area contributed by atoms with Gasteiger partial charge in [-0.1, -0.05) is 61.0 Å². The molecule has 0 fully saturated rings. The molecule has 3 rings (SSSR count). The summed E-state index contributed by atoms with van der Waals surface area (Å²) in [4.78, 5) is 12.4. The van der Waals surface area contributed by atoms with E-state index in [-0.39, 0.29) is 11.8 Å². The lowest BCUT2D eigenvalue weighted by Crippen LogP contribution is -2.33. The summed E-state index contributed by atoms with van der Waals surface area (Å²) < 4.78 is 5.59. The Balaban J connectivity index is 1.49. The molecule has 0 bridgehead atoms. The van der Waals surface area contributed by atoms with Crippen molar-refractivity contribution in [3.8, 4) is 5.75 Å². The van der Waals surface area contributed by atoms with Crippen LogP contribution in [-0.2, 0) is 11.2 Å². The van der Waals surface area contributed by atoms with Crippen LogP contribution in [0.15, 0.2) is 66.7 Å². The molecule has 4 heteroatoms. The first kappa shape index (κ1) is 18.3. The average Bonchev–Trinajstić information content (AvgIpc) is 2.66. The lowest BCUT2D eigenvalue weighted by Gasteiger charge is -2.14.